The second-order valence-electron chi connectivity index (χ2n) is 2.69. The highest BCUT2D eigenvalue weighted by molar-refractivity contribution is 5.75. The van der Waals surface area contributed by atoms with Gasteiger partial charge in [0.1, 0.15) is 0 Å². The number of benzene rings is 1. The Bertz CT molecular complexity index is 353. The fourth-order valence-electron chi connectivity index (χ4n) is 1.20. The zero-order valence-corrected chi connectivity index (χ0v) is 6.63. The molecule has 2 rings (SSSR count). The zero-order chi connectivity index (χ0) is 8.55. The normalized spacial score (nSPS) is 13.5. The third kappa shape index (κ3) is 0.881. The van der Waals surface area contributed by atoms with Crippen LogP contribution in [0.1, 0.15) is 5.56 Å². The summed E-state index contributed by atoms with van der Waals surface area (Å²) in [6, 6.07) is 5.86. The van der Waals surface area contributed by atoms with Gasteiger partial charge in [-0.1, -0.05) is 6.07 Å². The Kier molecular flexibility index (Phi) is 1.39. The van der Waals surface area contributed by atoms with Gasteiger partial charge < -0.3 is 5.43 Å². The van der Waals surface area contributed by atoms with Crippen molar-refractivity contribution in [2.45, 2.75) is 6.92 Å². The number of nitrogens with one attached hydrogen (secondary N) is 2. The summed E-state index contributed by atoms with van der Waals surface area (Å²) in [5, 5.41) is 10.0. The predicted octanol–water partition coefficient (Wildman–Crippen LogP) is 1.13. The molecule has 0 amide bonds. The van der Waals surface area contributed by atoms with E-state index < -0.39 is 0 Å². The van der Waals surface area contributed by atoms with E-state index in [0.29, 0.717) is 0 Å². The minimum atomic E-state index is 0.864. The first kappa shape index (κ1) is 6.95. The lowest BCUT2D eigenvalue weighted by atomic mass is 10.2. The summed E-state index contributed by atoms with van der Waals surface area (Å²) in [4.78, 5) is 0. The van der Waals surface area contributed by atoms with Crippen LogP contribution in [0.3, 0.4) is 0 Å². The van der Waals surface area contributed by atoms with Gasteiger partial charge in [0.25, 0.3) is 0 Å². The predicted molar refractivity (Wildman–Crippen MR) is 46.0 cm³/mol. The third-order valence-electron chi connectivity index (χ3n) is 1.80. The summed E-state index contributed by atoms with van der Waals surface area (Å²) >= 11 is 0. The van der Waals surface area contributed by atoms with Gasteiger partial charge >= 0.3 is 0 Å². The fourth-order valence-corrected chi connectivity index (χ4v) is 1.20. The largest absolute Gasteiger partial charge is 0.301 e. The number of nitrogens with zero attached hydrogens (tertiary/aromatic N) is 2. The molecule has 0 radical (unpaired) electrons. The lowest BCUT2D eigenvalue weighted by molar-refractivity contribution is 0.866. The van der Waals surface area contributed by atoms with Gasteiger partial charge in [0.2, 0.25) is 6.19 Å². The Labute approximate surface area is 70.3 Å². The van der Waals surface area contributed by atoms with E-state index in [1.807, 2.05) is 31.3 Å². The molecule has 0 aromatic heterocycles. The molecule has 0 spiro atoms. The fraction of sp³-hybridized carbons (Fsp3) is 0.125. The number of hydrogen-bond donors (Lipinski definition) is 2. The maximum Gasteiger partial charge on any atom is 0.201 e. The van der Waals surface area contributed by atoms with Crippen LogP contribution in [-0.2, 0) is 0 Å². The van der Waals surface area contributed by atoms with Crippen LogP contribution >= 0.6 is 0 Å². The number of hydrazine groups is 2. The minimum absolute atomic E-state index is 0.864. The summed E-state index contributed by atoms with van der Waals surface area (Å²) in [6.45, 7) is 2.01. The van der Waals surface area contributed by atoms with Crippen molar-refractivity contribution in [3.63, 3.8) is 0 Å². The number of rotatable bonds is 0. The van der Waals surface area contributed by atoms with E-state index in [0.717, 1.165) is 11.4 Å². The van der Waals surface area contributed by atoms with Gasteiger partial charge in [-0.25, -0.2) is 0 Å². The van der Waals surface area contributed by atoms with E-state index in [-0.39, 0.29) is 0 Å². The maximum atomic E-state index is 8.66. The summed E-state index contributed by atoms with van der Waals surface area (Å²) < 4.78 is 0. The molecule has 0 bridgehead atoms. The SMILES string of the molecule is Cc1ccc2c(c1)NNN2C#N. The number of aryl methyl sites for hydroxylation is 1. The molecule has 0 unspecified atom stereocenters. The van der Waals surface area contributed by atoms with Gasteiger partial charge in [0.15, 0.2) is 0 Å². The van der Waals surface area contributed by atoms with Gasteiger partial charge in [0.05, 0.1) is 11.4 Å². The Hall–Kier alpha value is -1.73. The van der Waals surface area contributed by atoms with Gasteiger partial charge in [-0.2, -0.15) is 10.3 Å². The molecule has 0 saturated heterocycles. The highest BCUT2D eigenvalue weighted by Crippen LogP contribution is 2.28. The van der Waals surface area contributed by atoms with E-state index >= 15 is 0 Å². The lowest BCUT2D eigenvalue weighted by Gasteiger charge is -2.04. The van der Waals surface area contributed by atoms with Crippen LogP contribution in [0.15, 0.2) is 18.2 Å². The second-order valence-corrected chi connectivity index (χ2v) is 2.69. The Morgan fingerprint density at radius 2 is 2.33 bits per heavy atom. The van der Waals surface area contributed by atoms with Crippen molar-refractivity contribution in [1.29, 1.82) is 5.26 Å². The molecular formula is C8H8N4. The van der Waals surface area contributed by atoms with Crippen LogP contribution < -0.4 is 16.0 Å². The van der Waals surface area contributed by atoms with Crippen molar-refractivity contribution < 1.29 is 0 Å². The average Bonchev–Trinajstić information content (AvgIpc) is 2.46. The summed E-state index contributed by atoms with van der Waals surface area (Å²) in [5.74, 6) is 0. The smallest absolute Gasteiger partial charge is 0.201 e. The molecule has 0 fully saturated rings. The topological polar surface area (TPSA) is 51.1 Å². The number of fused-ring (bicyclic) bond motifs is 1. The Morgan fingerprint density at radius 1 is 1.50 bits per heavy atom. The average molecular weight is 160 g/mol. The lowest BCUT2D eigenvalue weighted by Crippen LogP contribution is -2.31. The molecular weight excluding hydrogens is 152 g/mol. The van der Waals surface area contributed by atoms with Crippen molar-refractivity contribution in [2.75, 3.05) is 10.4 Å². The van der Waals surface area contributed by atoms with Crippen LogP contribution in [0.25, 0.3) is 0 Å². The third-order valence-corrected chi connectivity index (χ3v) is 1.80. The van der Waals surface area contributed by atoms with Gasteiger partial charge in [-0.3, -0.25) is 0 Å². The zero-order valence-electron chi connectivity index (χ0n) is 6.63. The molecule has 1 heterocycles. The molecule has 0 atom stereocenters. The molecule has 1 aromatic rings. The molecule has 1 aliphatic rings. The second kappa shape index (κ2) is 2.40. The van der Waals surface area contributed by atoms with Crippen molar-refractivity contribution >= 4 is 11.4 Å². The molecule has 12 heavy (non-hydrogen) atoms. The first-order valence-electron chi connectivity index (χ1n) is 3.63. The van der Waals surface area contributed by atoms with Crippen LogP contribution in [0.4, 0.5) is 11.4 Å². The minimum Gasteiger partial charge on any atom is -0.301 e. The van der Waals surface area contributed by atoms with E-state index in [1.165, 1.54) is 10.6 Å². The van der Waals surface area contributed by atoms with Crippen LogP contribution in [-0.4, -0.2) is 0 Å². The summed E-state index contributed by atoms with van der Waals surface area (Å²) in [7, 11) is 0. The molecule has 4 heteroatoms. The number of anilines is 2. The van der Waals surface area contributed by atoms with E-state index in [1.54, 1.807) is 0 Å². The number of nitriles is 1. The summed E-state index contributed by atoms with van der Waals surface area (Å²) in [6.07, 6.45) is 2.00. The van der Waals surface area contributed by atoms with Crippen molar-refractivity contribution in [2.24, 2.45) is 0 Å². The molecule has 4 nitrogen and oxygen atoms in total. The molecule has 1 aliphatic heterocycles. The molecule has 60 valence electrons. The van der Waals surface area contributed by atoms with Gasteiger partial charge in [0, 0.05) is 0 Å². The van der Waals surface area contributed by atoms with Crippen molar-refractivity contribution in [1.82, 2.24) is 5.53 Å². The van der Waals surface area contributed by atoms with Crippen molar-refractivity contribution in [3.8, 4) is 6.19 Å². The highest BCUT2D eigenvalue weighted by Gasteiger charge is 2.16. The quantitative estimate of drug-likeness (QED) is 0.558. The highest BCUT2D eigenvalue weighted by atomic mass is 15.7. The van der Waals surface area contributed by atoms with Crippen LogP contribution in [0.2, 0.25) is 0 Å². The summed E-state index contributed by atoms with van der Waals surface area (Å²) in [5.41, 5.74) is 8.59. The van der Waals surface area contributed by atoms with E-state index in [4.69, 9.17) is 5.26 Å². The Balaban J connectivity index is 2.49. The molecule has 2 N–H and O–H groups in total. The monoisotopic (exact) mass is 160 g/mol. The van der Waals surface area contributed by atoms with Crippen LogP contribution in [0.5, 0.6) is 0 Å². The van der Waals surface area contributed by atoms with E-state index in [9.17, 15) is 0 Å². The first-order valence-corrected chi connectivity index (χ1v) is 3.63. The molecule has 0 aliphatic carbocycles. The number of hydrogen-bond acceptors (Lipinski definition) is 4. The maximum absolute atomic E-state index is 8.66. The molecule has 1 aromatic carbocycles. The van der Waals surface area contributed by atoms with Gasteiger partial charge in [-0.05, 0) is 24.6 Å². The standard InChI is InChI=1S/C8H8N4/c1-6-2-3-8-7(4-6)10-11-12(8)5-9/h2-4,10-11H,1H3. The van der Waals surface area contributed by atoms with Crippen LogP contribution in [0, 0.1) is 18.4 Å². The van der Waals surface area contributed by atoms with E-state index in [2.05, 4.69) is 11.0 Å². The first-order chi connectivity index (χ1) is 5.81. The van der Waals surface area contributed by atoms with Crippen molar-refractivity contribution in [3.05, 3.63) is 23.8 Å². The molecule has 0 saturated carbocycles. The van der Waals surface area contributed by atoms with Gasteiger partial charge in [-0.15, -0.1) is 5.53 Å². The Morgan fingerprint density at radius 3 is 3.08 bits per heavy atom.